The number of carbonyl (C=O) groups is 3. The average molecular weight is 355 g/mol. The van der Waals surface area contributed by atoms with Gasteiger partial charge in [-0.05, 0) is 24.5 Å². The van der Waals surface area contributed by atoms with Crippen molar-refractivity contribution in [3.8, 4) is 0 Å². The second kappa shape index (κ2) is 7.32. The zero-order chi connectivity index (χ0) is 18.7. The monoisotopic (exact) mass is 355 g/mol. The lowest BCUT2D eigenvalue weighted by Gasteiger charge is -2.48. The van der Waals surface area contributed by atoms with Crippen LogP contribution in [0.1, 0.15) is 25.3 Å². The summed E-state index contributed by atoms with van der Waals surface area (Å²) in [5.74, 6) is -0.0686. The summed E-state index contributed by atoms with van der Waals surface area (Å²) < 4.78 is 0. The molecule has 3 rings (SSSR count). The van der Waals surface area contributed by atoms with Crippen molar-refractivity contribution in [2.24, 2.45) is 0 Å². The predicted molar refractivity (Wildman–Crippen MR) is 98.3 cm³/mol. The zero-order valence-corrected chi connectivity index (χ0v) is 15.1. The highest BCUT2D eigenvalue weighted by atomic mass is 16.2. The lowest BCUT2D eigenvalue weighted by atomic mass is 9.71. The number of hydrogen-bond acceptors (Lipinski definition) is 3. The quantitative estimate of drug-likeness (QED) is 0.822. The zero-order valence-electron chi connectivity index (χ0n) is 15.1. The SMILES string of the molecule is C=CC(=O)N1CCC(C(=O)N2CC(NC(C)=O)C2)(c2ccccc2)CC1. The van der Waals surface area contributed by atoms with Crippen molar-refractivity contribution >= 4 is 17.7 Å². The Morgan fingerprint density at radius 2 is 1.73 bits per heavy atom. The Hall–Kier alpha value is -2.63. The molecule has 2 heterocycles. The van der Waals surface area contributed by atoms with Gasteiger partial charge in [-0.3, -0.25) is 14.4 Å². The largest absolute Gasteiger partial charge is 0.350 e. The van der Waals surface area contributed by atoms with Crippen LogP contribution in [-0.2, 0) is 19.8 Å². The molecule has 0 aliphatic carbocycles. The van der Waals surface area contributed by atoms with Gasteiger partial charge in [-0.2, -0.15) is 0 Å². The van der Waals surface area contributed by atoms with E-state index in [1.54, 1.807) is 4.90 Å². The highest BCUT2D eigenvalue weighted by molar-refractivity contribution is 5.91. The van der Waals surface area contributed by atoms with Crippen molar-refractivity contribution in [3.05, 3.63) is 48.6 Å². The van der Waals surface area contributed by atoms with Crippen LogP contribution in [0.5, 0.6) is 0 Å². The Bertz CT molecular complexity index is 702. The fourth-order valence-corrected chi connectivity index (χ4v) is 3.95. The first-order valence-corrected chi connectivity index (χ1v) is 8.99. The van der Waals surface area contributed by atoms with Gasteiger partial charge in [0.05, 0.1) is 11.5 Å². The van der Waals surface area contributed by atoms with Crippen LogP contribution in [0, 0.1) is 0 Å². The van der Waals surface area contributed by atoms with Crippen molar-refractivity contribution in [1.82, 2.24) is 15.1 Å². The minimum absolute atomic E-state index is 0.0340. The van der Waals surface area contributed by atoms with Gasteiger partial charge in [0, 0.05) is 33.1 Å². The Morgan fingerprint density at radius 3 is 2.27 bits per heavy atom. The minimum atomic E-state index is -0.611. The first kappa shape index (κ1) is 18.2. The molecule has 0 aromatic heterocycles. The summed E-state index contributed by atoms with van der Waals surface area (Å²) in [4.78, 5) is 40.0. The smallest absolute Gasteiger partial charge is 0.245 e. The maximum absolute atomic E-state index is 13.4. The van der Waals surface area contributed by atoms with Crippen LogP contribution in [0.15, 0.2) is 43.0 Å². The molecule has 1 N–H and O–H groups in total. The fraction of sp³-hybridized carbons (Fsp3) is 0.450. The number of piperidine rings is 1. The van der Waals surface area contributed by atoms with E-state index >= 15 is 0 Å². The van der Waals surface area contributed by atoms with E-state index in [4.69, 9.17) is 0 Å². The molecule has 1 aromatic rings. The molecule has 6 nitrogen and oxygen atoms in total. The van der Waals surface area contributed by atoms with Gasteiger partial charge in [0.2, 0.25) is 17.7 Å². The normalized spacial score (nSPS) is 19.4. The van der Waals surface area contributed by atoms with Crippen molar-refractivity contribution in [2.45, 2.75) is 31.2 Å². The summed E-state index contributed by atoms with van der Waals surface area (Å²) in [5, 5.41) is 2.85. The first-order chi connectivity index (χ1) is 12.5. The van der Waals surface area contributed by atoms with Crippen molar-refractivity contribution in [1.29, 1.82) is 0 Å². The summed E-state index contributed by atoms with van der Waals surface area (Å²) in [5.41, 5.74) is 0.388. The van der Waals surface area contributed by atoms with Crippen LogP contribution < -0.4 is 5.32 Å². The molecule has 0 unspecified atom stereocenters. The number of benzene rings is 1. The lowest BCUT2D eigenvalue weighted by molar-refractivity contribution is -0.147. The average Bonchev–Trinajstić information content (AvgIpc) is 2.63. The number of hydrogen-bond donors (Lipinski definition) is 1. The van der Waals surface area contributed by atoms with Gasteiger partial charge in [0.25, 0.3) is 0 Å². The fourth-order valence-electron chi connectivity index (χ4n) is 3.95. The highest BCUT2D eigenvalue weighted by Gasteiger charge is 2.48. The first-order valence-electron chi connectivity index (χ1n) is 8.99. The molecule has 26 heavy (non-hydrogen) atoms. The van der Waals surface area contributed by atoms with Crippen molar-refractivity contribution in [2.75, 3.05) is 26.2 Å². The van der Waals surface area contributed by atoms with Crippen LogP contribution >= 0.6 is 0 Å². The molecule has 0 spiro atoms. The number of nitrogens with one attached hydrogen (secondary N) is 1. The molecular weight excluding hydrogens is 330 g/mol. The van der Waals surface area contributed by atoms with E-state index in [1.807, 2.05) is 35.2 Å². The summed E-state index contributed by atoms with van der Waals surface area (Å²) >= 11 is 0. The molecule has 1 aromatic carbocycles. The highest BCUT2D eigenvalue weighted by Crippen LogP contribution is 2.38. The van der Waals surface area contributed by atoms with Crippen molar-refractivity contribution < 1.29 is 14.4 Å². The molecule has 0 bridgehead atoms. The Kier molecular flexibility index (Phi) is 5.11. The van der Waals surface area contributed by atoms with Gasteiger partial charge < -0.3 is 15.1 Å². The molecule has 2 aliphatic rings. The standard InChI is InChI=1S/C20H25N3O3/c1-3-18(25)22-11-9-20(10-12-22,16-7-5-4-6-8-16)19(26)23-13-17(14-23)21-15(2)24/h3-8,17H,1,9-14H2,2H3,(H,21,24). The van der Waals surface area contributed by atoms with E-state index in [1.165, 1.54) is 13.0 Å². The maximum Gasteiger partial charge on any atom is 0.245 e. The molecule has 0 saturated carbocycles. The van der Waals surface area contributed by atoms with E-state index in [0.717, 1.165) is 5.56 Å². The molecule has 2 fully saturated rings. The third kappa shape index (κ3) is 3.36. The van der Waals surface area contributed by atoms with Gasteiger partial charge >= 0.3 is 0 Å². The molecule has 2 aliphatic heterocycles. The van der Waals surface area contributed by atoms with Gasteiger partial charge in [0.1, 0.15) is 0 Å². The minimum Gasteiger partial charge on any atom is -0.350 e. The predicted octanol–water partition coefficient (Wildman–Crippen LogP) is 1.08. The maximum atomic E-state index is 13.4. The lowest BCUT2D eigenvalue weighted by Crippen LogP contribution is -2.65. The Morgan fingerprint density at radius 1 is 1.12 bits per heavy atom. The van der Waals surface area contributed by atoms with Gasteiger partial charge in [0.15, 0.2) is 0 Å². The van der Waals surface area contributed by atoms with Crippen LogP contribution in [-0.4, -0.2) is 59.7 Å². The van der Waals surface area contributed by atoms with E-state index in [2.05, 4.69) is 11.9 Å². The summed E-state index contributed by atoms with van der Waals surface area (Å²) in [6.45, 7) is 7.20. The second-order valence-corrected chi connectivity index (χ2v) is 7.09. The van der Waals surface area contributed by atoms with Crippen LogP contribution in [0.3, 0.4) is 0 Å². The molecule has 6 heteroatoms. The number of amides is 3. The summed E-state index contributed by atoms with van der Waals surface area (Å²) in [6.07, 6.45) is 2.51. The summed E-state index contributed by atoms with van der Waals surface area (Å²) in [6, 6.07) is 9.85. The molecule has 138 valence electrons. The third-order valence-electron chi connectivity index (χ3n) is 5.42. The van der Waals surface area contributed by atoms with Crippen LogP contribution in [0.4, 0.5) is 0 Å². The molecule has 2 saturated heterocycles. The number of nitrogens with zero attached hydrogens (tertiary/aromatic N) is 2. The molecule has 3 amide bonds. The van der Waals surface area contributed by atoms with E-state index in [-0.39, 0.29) is 23.8 Å². The van der Waals surface area contributed by atoms with Gasteiger partial charge in [-0.15, -0.1) is 0 Å². The van der Waals surface area contributed by atoms with Crippen LogP contribution in [0.2, 0.25) is 0 Å². The van der Waals surface area contributed by atoms with Gasteiger partial charge in [-0.25, -0.2) is 0 Å². The number of carbonyl (C=O) groups excluding carboxylic acids is 3. The second-order valence-electron chi connectivity index (χ2n) is 7.09. The van der Waals surface area contributed by atoms with E-state index in [9.17, 15) is 14.4 Å². The van der Waals surface area contributed by atoms with Crippen molar-refractivity contribution in [3.63, 3.8) is 0 Å². The van der Waals surface area contributed by atoms with E-state index < -0.39 is 5.41 Å². The number of rotatable bonds is 4. The number of likely N-dealkylation sites (tertiary alicyclic amines) is 2. The Balaban J connectivity index is 1.78. The summed E-state index contributed by atoms with van der Waals surface area (Å²) in [7, 11) is 0. The van der Waals surface area contributed by atoms with Gasteiger partial charge in [-0.1, -0.05) is 36.9 Å². The molecule has 0 atom stereocenters. The van der Waals surface area contributed by atoms with E-state index in [0.29, 0.717) is 39.0 Å². The Labute approximate surface area is 153 Å². The molecule has 0 radical (unpaired) electrons. The van der Waals surface area contributed by atoms with Crippen LogP contribution in [0.25, 0.3) is 0 Å². The third-order valence-corrected chi connectivity index (χ3v) is 5.42. The molecular formula is C20H25N3O3. The topological polar surface area (TPSA) is 69.7 Å².